The fourth-order valence-electron chi connectivity index (χ4n) is 1.55. The lowest BCUT2D eigenvalue weighted by Gasteiger charge is -2.26. The predicted octanol–water partition coefficient (Wildman–Crippen LogP) is 2.48. The van der Waals surface area contributed by atoms with Crippen molar-refractivity contribution in [3.8, 4) is 0 Å². The van der Waals surface area contributed by atoms with E-state index in [9.17, 15) is 8.42 Å². The molecular weight excluding hydrogens is 246 g/mol. The van der Waals surface area contributed by atoms with Crippen LogP contribution in [-0.4, -0.2) is 14.5 Å². The minimum atomic E-state index is -3.39. The van der Waals surface area contributed by atoms with E-state index in [0.717, 1.165) is 24.8 Å². The fourth-order valence-corrected chi connectivity index (χ4v) is 3.13. The van der Waals surface area contributed by atoms with Gasteiger partial charge in [0, 0.05) is 11.1 Å². The molecule has 1 N–H and O–H groups in total. The average molecular weight is 260 g/mol. The number of sulfonamides is 1. The monoisotopic (exact) mass is 259 g/mol. The van der Waals surface area contributed by atoms with Gasteiger partial charge in [0.15, 0.2) is 0 Å². The summed E-state index contributed by atoms with van der Waals surface area (Å²) in [5.74, 6) is 0. The van der Waals surface area contributed by atoms with Crippen molar-refractivity contribution in [1.82, 2.24) is 4.72 Å². The van der Waals surface area contributed by atoms with Crippen molar-refractivity contribution in [1.29, 1.82) is 0 Å². The Hall–Kier alpha value is -0.580. The second kappa shape index (κ2) is 4.35. The Morgan fingerprint density at radius 3 is 2.56 bits per heavy atom. The van der Waals surface area contributed by atoms with E-state index in [2.05, 4.69) is 4.72 Å². The molecule has 1 saturated carbocycles. The van der Waals surface area contributed by atoms with Crippen LogP contribution >= 0.6 is 11.6 Å². The molecule has 0 aromatic heterocycles. The van der Waals surface area contributed by atoms with Gasteiger partial charge in [-0.15, -0.1) is 0 Å². The molecule has 0 unspecified atom stereocenters. The van der Waals surface area contributed by atoms with Crippen molar-refractivity contribution in [2.45, 2.75) is 37.1 Å². The molecule has 1 fully saturated rings. The molecule has 5 heteroatoms. The number of rotatable bonds is 3. The lowest BCUT2D eigenvalue weighted by molar-refractivity contribution is 0.383. The smallest absolute Gasteiger partial charge is 0.208 e. The third-order valence-corrected chi connectivity index (χ3v) is 4.81. The summed E-state index contributed by atoms with van der Waals surface area (Å²) in [6.45, 7) is 1.85. The molecule has 1 aromatic rings. The summed E-state index contributed by atoms with van der Waals surface area (Å²) < 4.78 is 26.5. The quantitative estimate of drug-likeness (QED) is 0.907. The van der Waals surface area contributed by atoms with Gasteiger partial charge in [0.2, 0.25) is 10.0 Å². The van der Waals surface area contributed by atoms with E-state index in [4.69, 9.17) is 11.6 Å². The summed E-state index contributed by atoms with van der Waals surface area (Å²) in [5.41, 5.74) is 0.879. The first-order chi connectivity index (χ1) is 7.49. The third-order valence-electron chi connectivity index (χ3n) is 2.88. The molecule has 0 amide bonds. The Bertz CT molecular complexity index is 495. The van der Waals surface area contributed by atoms with Gasteiger partial charge in [-0.2, -0.15) is 0 Å². The van der Waals surface area contributed by atoms with Gasteiger partial charge in [-0.1, -0.05) is 24.1 Å². The molecule has 0 bridgehead atoms. The molecule has 3 nitrogen and oxygen atoms in total. The first kappa shape index (κ1) is 11.9. The predicted molar refractivity (Wildman–Crippen MR) is 64.1 cm³/mol. The Morgan fingerprint density at radius 2 is 2.06 bits per heavy atom. The SMILES string of the molecule is Cc1ccc(S(=O)(=O)NC2CCC2)cc1Cl. The zero-order valence-corrected chi connectivity index (χ0v) is 10.6. The number of benzene rings is 1. The van der Waals surface area contributed by atoms with E-state index < -0.39 is 10.0 Å². The van der Waals surface area contributed by atoms with Gasteiger partial charge in [-0.3, -0.25) is 0 Å². The second-order valence-corrected chi connectivity index (χ2v) is 6.28. The highest BCUT2D eigenvalue weighted by Crippen LogP contribution is 2.23. The second-order valence-electron chi connectivity index (χ2n) is 4.16. The van der Waals surface area contributed by atoms with Gasteiger partial charge in [-0.05, 0) is 37.5 Å². The van der Waals surface area contributed by atoms with Crippen LogP contribution in [-0.2, 0) is 10.0 Å². The van der Waals surface area contributed by atoms with Gasteiger partial charge in [0.05, 0.1) is 4.90 Å². The van der Waals surface area contributed by atoms with Gasteiger partial charge in [0.1, 0.15) is 0 Å². The minimum Gasteiger partial charge on any atom is -0.208 e. The molecule has 0 aliphatic heterocycles. The van der Waals surface area contributed by atoms with Crippen LogP contribution in [0.15, 0.2) is 23.1 Å². The number of hydrogen-bond acceptors (Lipinski definition) is 2. The van der Waals surface area contributed by atoms with Crippen LogP contribution in [0.5, 0.6) is 0 Å². The fraction of sp³-hybridized carbons (Fsp3) is 0.455. The molecule has 0 atom stereocenters. The van der Waals surface area contributed by atoms with Crippen molar-refractivity contribution in [3.05, 3.63) is 28.8 Å². The molecule has 1 aliphatic carbocycles. The van der Waals surface area contributed by atoms with E-state index in [1.807, 2.05) is 6.92 Å². The number of halogens is 1. The maximum atomic E-state index is 11.9. The van der Waals surface area contributed by atoms with Crippen LogP contribution in [0.25, 0.3) is 0 Å². The lowest BCUT2D eigenvalue weighted by Crippen LogP contribution is -2.39. The average Bonchev–Trinajstić information content (AvgIpc) is 2.16. The highest BCUT2D eigenvalue weighted by molar-refractivity contribution is 7.89. The molecule has 2 rings (SSSR count). The van der Waals surface area contributed by atoms with Crippen molar-refractivity contribution in [2.75, 3.05) is 0 Å². The van der Waals surface area contributed by atoms with Crippen LogP contribution in [0.1, 0.15) is 24.8 Å². The van der Waals surface area contributed by atoms with E-state index in [0.29, 0.717) is 5.02 Å². The Labute approximate surface area is 101 Å². The Kier molecular flexibility index (Phi) is 3.24. The van der Waals surface area contributed by atoms with Crippen LogP contribution in [0.2, 0.25) is 5.02 Å². The summed E-state index contributed by atoms with van der Waals surface area (Å²) in [4.78, 5) is 0.245. The molecule has 1 aromatic carbocycles. The van der Waals surface area contributed by atoms with Crippen LogP contribution in [0.4, 0.5) is 0 Å². The van der Waals surface area contributed by atoms with Gasteiger partial charge in [-0.25, -0.2) is 13.1 Å². The molecule has 16 heavy (non-hydrogen) atoms. The molecule has 88 valence electrons. The lowest BCUT2D eigenvalue weighted by atomic mass is 9.94. The van der Waals surface area contributed by atoms with Gasteiger partial charge < -0.3 is 0 Å². The summed E-state index contributed by atoms with van der Waals surface area (Å²) in [6, 6.07) is 4.91. The highest BCUT2D eigenvalue weighted by Gasteiger charge is 2.24. The van der Waals surface area contributed by atoms with Crippen LogP contribution < -0.4 is 4.72 Å². The van der Waals surface area contributed by atoms with Crippen LogP contribution in [0.3, 0.4) is 0 Å². The Morgan fingerprint density at radius 1 is 1.38 bits per heavy atom. The van der Waals surface area contributed by atoms with Gasteiger partial charge >= 0.3 is 0 Å². The topological polar surface area (TPSA) is 46.2 Å². The zero-order valence-electron chi connectivity index (χ0n) is 9.03. The van der Waals surface area contributed by atoms with Crippen molar-refractivity contribution < 1.29 is 8.42 Å². The summed E-state index contributed by atoms with van der Waals surface area (Å²) in [6.07, 6.45) is 2.96. The molecular formula is C11H14ClNO2S. The van der Waals surface area contributed by atoms with E-state index in [1.165, 1.54) is 6.07 Å². The maximum Gasteiger partial charge on any atom is 0.240 e. The van der Waals surface area contributed by atoms with Gasteiger partial charge in [0.25, 0.3) is 0 Å². The summed E-state index contributed by atoms with van der Waals surface area (Å²) >= 11 is 5.91. The summed E-state index contributed by atoms with van der Waals surface area (Å²) in [7, 11) is -3.39. The summed E-state index contributed by atoms with van der Waals surface area (Å²) in [5, 5.41) is 0.483. The first-order valence-electron chi connectivity index (χ1n) is 5.27. The Balaban J connectivity index is 2.24. The molecule has 0 radical (unpaired) electrons. The van der Waals surface area contributed by atoms with Crippen LogP contribution in [0, 0.1) is 6.92 Å². The van der Waals surface area contributed by atoms with E-state index in [-0.39, 0.29) is 10.9 Å². The highest BCUT2D eigenvalue weighted by atomic mass is 35.5. The molecule has 0 heterocycles. The number of hydrogen-bond donors (Lipinski definition) is 1. The molecule has 0 saturated heterocycles. The largest absolute Gasteiger partial charge is 0.240 e. The maximum absolute atomic E-state index is 11.9. The van der Waals surface area contributed by atoms with E-state index in [1.54, 1.807) is 12.1 Å². The van der Waals surface area contributed by atoms with Crippen molar-refractivity contribution in [3.63, 3.8) is 0 Å². The normalized spacial score (nSPS) is 17.1. The first-order valence-corrected chi connectivity index (χ1v) is 7.13. The molecule has 1 aliphatic rings. The molecule has 0 spiro atoms. The zero-order chi connectivity index (χ0) is 11.8. The van der Waals surface area contributed by atoms with Crippen molar-refractivity contribution >= 4 is 21.6 Å². The van der Waals surface area contributed by atoms with E-state index >= 15 is 0 Å². The minimum absolute atomic E-state index is 0.102. The number of aryl methyl sites for hydroxylation is 1. The number of nitrogens with one attached hydrogen (secondary N) is 1. The van der Waals surface area contributed by atoms with Crippen molar-refractivity contribution in [2.24, 2.45) is 0 Å². The third kappa shape index (κ3) is 2.39. The standard InChI is InChI=1S/C11H14ClNO2S/c1-8-5-6-10(7-11(8)12)16(14,15)13-9-3-2-4-9/h5-7,9,13H,2-4H2,1H3.